The third-order valence-electron chi connectivity index (χ3n) is 9.88. The molecular weight excluding hydrogens is 720 g/mol. The van der Waals surface area contributed by atoms with Gasteiger partial charge in [-0.15, -0.1) is 0 Å². The van der Waals surface area contributed by atoms with Crippen LogP contribution in [0.4, 0.5) is 0 Å². The average molecular weight is 783 g/mol. The van der Waals surface area contributed by atoms with Crippen molar-refractivity contribution in [2.45, 2.75) is 153 Å². The molecule has 8 atom stereocenters. The molecule has 3 aliphatic rings. The Balaban J connectivity index is 2.04. The summed E-state index contributed by atoms with van der Waals surface area (Å²) in [5.41, 5.74) is -1.22. The van der Waals surface area contributed by atoms with E-state index in [0.29, 0.717) is 19.3 Å². The Morgan fingerprint density at radius 2 is 1.73 bits per heavy atom. The molecule has 312 valence electrons. The van der Waals surface area contributed by atoms with Gasteiger partial charge in [0.25, 0.3) is 0 Å². The van der Waals surface area contributed by atoms with Crippen molar-refractivity contribution in [3.8, 4) is 0 Å². The van der Waals surface area contributed by atoms with Gasteiger partial charge in [0.2, 0.25) is 5.79 Å². The zero-order valence-electron chi connectivity index (χ0n) is 32.8. The number of cyclic esters (lactones) is 1. The normalized spacial score (nSPS) is 32.0. The number of fused-ring (bicyclic) bond motifs is 4. The molecule has 0 spiro atoms. The molecule has 4 bridgehead atoms. The molecule has 15 heteroatoms. The molecule has 0 aliphatic carbocycles. The van der Waals surface area contributed by atoms with Crippen molar-refractivity contribution in [3.05, 3.63) is 36.5 Å². The molecule has 0 amide bonds. The molecular formula is C40H62O15. The highest BCUT2D eigenvalue weighted by Gasteiger charge is 2.57. The highest BCUT2D eigenvalue weighted by Crippen LogP contribution is 2.47. The monoisotopic (exact) mass is 782 g/mol. The van der Waals surface area contributed by atoms with Gasteiger partial charge in [-0.2, -0.15) is 0 Å². The lowest BCUT2D eigenvalue weighted by Gasteiger charge is -2.51. The zero-order chi connectivity index (χ0) is 40.4. The second-order valence-corrected chi connectivity index (χ2v) is 14.9. The molecule has 3 heterocycles. The Morgan fingerprint density at radius 3 is 2.44 bits per heavy atom. The third kappa shape index (κ3) is 15.0. The average Bonchev–Trinajstić information content (AvgIpc) is 3.13. The van der Waals surface area contributed by atoms with E-state index in [-0.39, 0.29) is 63.9 Å². The molecule has 55 heavy (non-hydrogen) atoms. The number of carbonyl (C=O) groups is 4. The maximum absolute atomic E-state index is 13.3. The van der Waals surface area contributed by atoms with Gasteiger partial charge in [0.1, 0.15) is 12.7 Å². The fourth-order valence-electron chi connectivity index (χ4n) is 6.74. The quantitative estimate of drug-likeness (QED) is 0.0798. The van der Waals surface area contributed by atoms with Gasteiger partial charge in [0.05, 0.1) is 51.0 Å². The van der Waals surface area contributed by atoms with Crippen molar-refractivity contribution in [1.29, 1.82) is 0 Å². The van der Waals surface area contributed by atoms with Gasteiger partial charge in [-0.1, -0.05) is 65.2 Å². The molecule has 0 aromatic carbocycles. The number of unbranched alkanes of at least 4 members (excludes halogenated alkanes) is 4. The first-order valence-electron chi connectivity index (χ1n) is 19.4. The molecule has 0 saturated carbocycles. The Kier molecular flexibility index (Phi) is 19.4. The fraction of sp³-hybridized carbons (Fsp3) is 0.750. The van der Waals surface area contributed by atoms with Gasteiger partial charge in [-0.25, -0.2) is 4.79 Å². The lowest BCUT2D eigenvalue weighted by molar-refractivity contribution is -0.327. The van der Waals surface area contributed by atoms with Crippen LogP contribution < -0.4 is 0 Å². The van der Waals surface area contributed by atoms with Crippen molar-refractivity contribution in [2.24, 2.45) is 5.41 Å². The first kappa shape index (κ1) is 46.2. The number of esters is 4. The van der Waals surface area contributed by atoms with Crippen LogP contribution in [0.15, 0.2) is 36.5 Å². The molecule has 3 rings (SSSR count). The minimum absolute atomic E-state index is 0.0516. The number of aliphatic hydroxyl groups excluding tert-OH is 2. The molecule has 3 N–H and O–H groups in total. The maximum Gasteiger partial charge on any atom is 0.330 e. The summed E-state index contributed by atoms with van der Waals surface area (Å²) in [6, 6.07) is 0. The van der Waals surface area contributed by atoms with Crippen molar-refractivity contribution < 1.29 is 72.4 Å². The van der Waals surface area contributed by atoms with Crippen LogP contribution in [0.5, 0.6) is 0 Å². The van der Waals surface area contributed by atoms with E-state index in [0.717, 1.165) is 31.8 Å². The Morgan fingerprint density at radius 1 is 1.00 bits per heavy atom. The van der Waals surface area contributed by atoms with Crippen LogP contribution in [0.1, 0.15) is 104 Å². The molecule has 0 aromatic rings. The summed E-state index contributed by atoms with van der Waals surface area (Å²) in [5.74, 6) is -4.94. The lowest BCUT2D eigenvalue weighted by atomic mass is 9.74. The molecule has 2 saturated heterocycles. The van der Waals surface area contributed by atoms with E-state index in [1.54, 1.807) is 26.0 Å². The summed E-state index contributed by atoms with van der Waals surface area (Å²) in [6.07, 6.45) is 3.96. The summed E-state index contributed by atoms with van der Waals surface area (Å²) in [7, 11) is 1.19. The SMILES string of the molecule is C=CCOC(=O)C[C@H]1C[C@H]2CCOCC[C@@H](O)CC(=O)O[C@@H](CO)C[C@@H]3C/C(=C\C(=O)OC)[C@H](OC(=O)CCCCCCC)[C@@](O)(O3)C(C)(C)/C=C/[C@H](O2)O1. The smallest absolute Gasteiger partial charge is 0.330 e. The summed E-state index contributed by atoms with van der Waals surface area (Å²) < 4.78 is 46.1. The zero-order valence-corrected chi connectivity index (χ0v) is 32.8. The van der Waals surface area contributed by atoms with E-state index >= 15 is 0 Å². The summed E-state index contributed by atoms with van der Waals surface area (Å²) in [4.78, 5) is 51.4. The number of aliphatic hydroxyl groups is 3. The van der Waals surface area contributed by atoms with Gasteiger partial charge < -0.3 is 53.2 Å². The van der Waals surface area contributed by atoms with Gasteiger partial charge in [-0.05, 0) is 37.3 Å². The molecule has 0 radical (unpaired) electrons. The van der Waals surface area contributed by atoms with Crippen LogP contribution in [0.25, 0.3) is 0 Å². The van der Waals surface area contributed by atoms with Crippen LogP contribution >= 0.6 is 0 Å². The Bertz CT molecular complexity index is 1310. The van der Waals surface area contributed by atoms with E-state index < -0.39 is 84.6 Å². The highest BCUT2D eigenvalue weighted by atomic mass is 16.7. The minimum atomic E-state index is -2.35. The number of ether oxygens (including phenoxy) is 8. The number of methoxy groups -OCH3 is 1. The van der Waals surface area contributed by atoms with Crippen LogP contribution in [-0.4, -0.2) is 121 Å². The standard InChI is InChI=1S/C40H62O15/c1-6-8-9-10-11-12-33(43)54-38-27(21-34(44)48-5)20-31-24-32(26-41)51-36(46)22-28(42)14-18-49-19-15-29-23-30(25-35(45)50-17-7-2)53-37(52-29)13-16-39(3,4)40(38,47)55-31/h7,13,16,21,28-32,37-38,41-42,47H,2,6,8-12,14-15,17-20,22-26H2,1,3-5H3/b16-13+,27-21+/t28-,29-,30-,31+,32-,37-,38+,40-/m1/s1. The van der Waals surface area contributed by atoms with Gasteiger partial charge in [0.15, 0.2) is 12.4 Å². The maximum atomic E-state index is 13.3. The van der Waals surface area contributed by atoms with Gasteiger partial charge in [0, 0.05) is 44.0 Å². The largest absolute Gasteiger partial charge is 0.466 e. The summed E-state index contributed by atoms with van der Waals surface area (Å²) >= 11 is 0. The Labute approximate surface area is 324 Å². The van der Waals surface area contributed by atoms with Crippen molar-refractivity contribution in [3.63, 3.8) is 0 Å². The molecule has 3 aliphatic heterocycles. The number of hydrogen-bond donors (Lipinski definition) is 3. The number of hydrogen-bond acceptors (Lipinski definition) is 15. The topological polar surface area (TPSA) is 203 Å². The predicted molar refractivity (Wildman–Crippen MR) is 197 cm³/mol. The fourth-order valence-corrected chi connectivity index (χ4v) is 6.74. The van der Waals surface area contributed by atoms with Gasteiger partial charge in [-0.3, -0.25) is 14.4 Å². The first-order chi connectivity index (χ1) is 26.2. The molecule has 2 fully saturated rings. The highest BCUT2D eigenvalue weighted by molar-refractivity contribution is 5.83. The molecule has 15 nitrogen and oxygen atoms in total. The van der Waals surface area contributed by atoms with Crippen LogP contribution in [0.3, 0.4) is 0 Å². The van der Waals surface area contributed by atoms with E-state index in [9.17, 15) is 34.5 Å². The van der Waals surface area contributed by atoms with Crippen LogP contribution in [0, 0.1) is 5.41 Å². The molecule has 0 unspecified atom stereocenters. The lowest BCUT2D eigenvalue weighted by Crippen LogP contribution is -2.62. The van der Waals surface area contributed by atoms with Gasteiger partial charge >= 0.3 is 23.9 Å². The number of rotatable bonds is 13. The molecule has 0 aromatic heterocycles. The predicted octanol–water partition coefficient (Wildman–Crippen LogP) is 3.89. The summed E-state index contributed by atoms with van der Waals surface area (Å²) in [6.45, 7) is 8.80. The minimum Gasteiger partial charge on any atom is -0.466 e. The van der Waals surface area contributed by atoms with E-state index in [1.807, 2.05) is 0 Å². The van der Waals surface area contributed by atoms with E-state index in [4.69, 9.17) is 37.9 Å². The van der Waals surface area contributed by atoms with Crippen molar-refractivity contribution >= 4 is 23.9 Å². The Hall–Kier alpha value is -3.18. The number of carbonyl (C=O) groups excluding carboxylic acids is 4. The van der Waals surface area contributed by atoms with E-state index in [2.05, 4.69) is 13.5 Å². The third-order valence-corrected chi connectivity index (χ3v) is 9.88. The van der Waals surface area contributed by atoms with E-state index in [1.165, 1.54) is 13.2 Å². The summed E-state index contributed by atoms with van der Waals surface area (Å²) in [5, 5.41) is 33.4. The van der Waals surface area contributed by atoms with Crippen molar-refractivity contribution in [1.82, 2.24) is 0 Å². The van der Waals surface area contributed by atoms with Crippen molar-refractivity contribution in [2.75, 3.05) is 33.5 Å². The first-order valence-corrected chi connectivity index (χ1v) is 19.4. The second kappa shape index (κ2) is 23.1. The second-order valence-electron chi connectivity index (χ2n) is 14.9. The van der Waals surface area contributed by atoms with Crippen LogP contribution in [-0.2, 0) is 57.1 Å². The van der Waals surface area contributed by atoms with Crippen LogP contribution in [0.2, 0.25) is 0 Å².